The molecular weight excluding hydrogens is 933 g/mol. The zero-order chi connectivity index (χ0) is 53.3. The van der Waals surface area contributed by atoms with Gasteiger partial charge in [-0.3, -0.25) is 43.5 Å². The number of hydrogen-bond acceptors (Lipinski definition) is 15. The fraction of sp³-hybridized carbons (Fsp3) is 0.767. The molecule has 0 heterocycles. The van der Waals surface area contributed by atoms with Gasteiger partial charge in [0.15, 0.2) is 11.9 Å². The van der Waals surface area contributed by atoms with Crippen LogP contribution in [0.15, 0.2) is 9.98 Å². The average molecular weight is 1020 g/mol. The highest BCUT2D eigenvalue weighted by molar-refractivity contribution is 7.98. The van der Waals surface area contributed by atoms with Crippen LogP contribution in [-0.4, -0.2) is 163 Å². The Bertz CT molecular complexity index is 1700. The van der Waals surface area contributed by atoms with E-state index in [0.717, 1.165) is 0 Å². The fourth-order valence-electron chi connectivity index (χ4n) is 6.79. The summed E-state index contributed by atoms with van der Waals surface area (Å²) < 4.78 is 0. The third-order valence-electron chi connectivity index (χ3n) is 10.7. The lowest BCUT2D eigenvalue weighted by atomic mass is 10.0. The van der Waals surface area contributed by atoms with E-state index in [2.05, 4.69) is 47.2 Å². The van der Waals surface area contributed by atoms with Crippen molar-refractivity contribution < 1.29 is 48.6 Å². The van der Waals surface area contributed by atoms with Crippen molar-refractivity contribution in [3.05, 3.63) is 0 Å². The van der Waals surface area contributed by atoms with E-state index < -0.39 is 108 Å². The normalized spacial score (nSPS) is 14.6. The molecule has 0 aliphatic carbocycles. The highest BCUT2D eigenvalue weighted by atomic mass is 32.2. The SMILES string of the molecule is CSCC[C@H](NC(=O)[C@@H](N)CC(C)C)C(=O)N[C@@H](CCCCN)C(=O)N[C@@H](CCCN=C(N)N)C(=O)N[C@@H](CCCN=C(N)N)C(=O)N[C@@H](CCCCN)C(=O)N[C@@H](CO)C(=O)N[C@H](C(=O)O)C(C)C. The second-order valence-corrected chi connectivity index (χ2v) is 18.6. The first-order valence-corrected chi connectivity index (χ1v) is 25.1. The quantitative estimate of drug-likeness (QED) is 0.0158. The van der Waals surface area contributed by atoms with E-state index >= 15 is 0 Å². The molecule has 0 spiro atoms. The van der Waals surface area contributed by atoms with Crippen molar-refractivity contribution in [1.82, 2.24) is 37.2 Å². The van der Waals surface area contributed by atoms with Crippen molar-refractivity contribution in [3.63, 3.8) is 0 Å². The number of thioether (sulfide) groups is 1. The highest BCUT2D eigenvalue weighted by Crippen LogP contribution is 2.11. The van der Waals surface area contributed by atoms with Gasteiger partial charge >= 0.3 is 5.97 Å². The minimum atomic E-state index is -1.60. The number of carbonyl (C=O) groups excluding carboxylic acids is 7. The van der Waals surface area contributed by atoms with E-state index in [1.807, 2.05) is 20.1 Å². The van der Waals surface area contributed by atoms with Crippen LogP contribution < -0.4 is 77.4 Å². The smallest absolute Gasteiger partial charge is 0.326 e. The molecule has 23 N–H and O–H groups in total. The van der Waals surface area contributed by atoms with Crippen LogP contribution in [-0.2, 0) is 38.4 Å². The molecule has 8 atom stereocenters. The number of amides is 7. The summed E-state index contributed by atoms with van der Waals surface area (Å²) in [6.45, 7) is 6.66. The molecule has 27 heteroatoms. The van der Waals surface area contributed by atoms with E-state index in [4.69, 9.17) is 40.1 Å². The zero-order valence-electron chi connectivity index (χ0n) is 41.5. The molecule has 0 fully saturated rings. The summed E-state index contributed by atoms with van der Waals surface area (Å²) in [6.07, 6.45) is 4.36. The summed E-state index contributed by atoms with van der Waals surface area (Å²) in [6, 6.07) is -10.1. The van der Waals surface area contributed by atoms with Gasteiger partial charge in [0.05, 0.1) is 12.6 Å². The summed E-state index contributed by atoms with van der Waals surface area (Å²) in [4.78, 5) is 116. The van der Waals surface area contributed by atoms with E-state index in [9.17, 15) is 48.6 Å². The molecule has 0 unspecified atom stereocenters. The predicted molar refractivity (Wildman–Crippen MR) is 269 cm³/mol. The van der Waals surface area contributed by atoms with Crippen molar-refractivity contribution in [3.8, 4) is 0 Å². The first-order valence-electron chi connectivity index (χ1n) is 23.7. The first-order chi connectivity index (χ1) is 33.0. The maximum absolute atomic E-state index is 14.3. The highest BCUT2D eigenvalue weighted by Gasteiger charge is 2.34. The zero-order valence-corrected chi connectivity index (χ0v) is 42.3. The molecule has 70 heavy (non-hydrogen) atoms. The Morgan fingerprint density at radius 1 is 0.514 bits per heavy atom. The monoisotopic (exact) mass is 1020 g/mol. The Hall–Kier alpha value is -5.51. The largest absolute Gasteiger partial charge is 0.480 e. The second kappa shape index (κ2) is 36.4. The molecule has 0 aliphatic rings. The number of hydrogen-bond donors (Lipinski definition) is 16. The number of aliphatic hydroxyl groups is 1. The Labute approximate surface area is 415 Å². The van der Waals surface area contributed by atoms with Crippen LogP contribution in [0, 0.1) is 11.8 Å². The minimum absolute atomic E-state index is 0.000258. The molecule has 0 aliphatic heterocycles. The van der Waals surface area contributed by atoms with Crippen LogP contribution in [0.5, 0.6) is 0 Å². The van der Waals surface area contributed by atoms with Crippen LogP contribution in [0.2, 0.25) is 0 Å². The lowest BCUT2D eigenvalue weighted by Gasteiger charge is -2.28. The number of aliphatic carboxylic acids is 1. The number of nitrogens with zero attached hydrogens (tertiary/aromatic N) is 2. The third-order valence-corrected chi connectivity index (χ3v) is 11.3. The maximum atomic E-state index is 14.3. The van der Waals surface area contributed by atoms with Crippen LogP contribution in [0.4, 0.5) is 0 Å². The van der Waals surface area contributed by atoms with E-state index in [-0.39, 0.29) is 82.4 Å². The van der Waals surface area contributed by atoms with Gasteiger partial charge in [0.1, 0.15) is 42.3 Å². The van der Waals surface area contributed by atoms with Crippen LogP contribution >= 0.6 is 11.8 Å². The molecule has 0 radical (unpaired) electrons. The second-order valence-electron chi connectivity index (χ2n) is 17.6. The van der Waals surface area contributed by atoms with Crippen molar-refractivity contribution in [2.24, 2.45) is 62.0 Å². The topological polar surface area (TPSA) is 468 Å². The van der Waals surface area contributed by atoms with Crippen LogP contribution in [0.3, 0.4) is 0 Å². The summed E-state index contributed by atoms with van der Waals surface area (Å²) in [5, 5.41) is 37.7. The lowest BCUT2D eigenvalue weighted by Crippen LogP contribution is -2.60. The average Bonchev–Trinajstić information content (AvgIpc) is 3.28. The number of rotatable bonds is 38. The van der Waals surface area contributed by atoms with Gasteiger partial charge in [-0.05, 0) is 114 Å². The van der Waals surface area contributed by atoms with Gasteiger partial charge < -0.3 is 87.6 Å². The molecule has 0 aromatic rings. The van der Waals surface area contributed by atoms with Crippen molar-refractivity contribution in [2.45, 2.75) is 153 Å². The number of nitrogens with two attached hydrogens (primary N) is 7. The van der Waals surface area contributed by atoms with Crippen molar-refractivity contribution in [2.75, 3.05) is 44.8 Å². The number of aliphatic imine (C=N–C) groups is 2. The summed E-state index contributed by atoms with van der Waals surface area (Å²) in [5.74, 6) is -7.19. The Kier molecular flexibility index (Phi) is 33.6. The van der Waals surface area contributed by atoms with Gasteiger partial charge in [0, 0.05) is 13.1 Å². The van der Waals surface area contributed by atoms with E-state index in [0.29, 0.717) is 44.4 Å². The third kappa shape index (κ3) is 27.6. The summed E-state index contributed by atoms with van der Waals surface area (Å²) in [5.41, 5.74) is 39.6. The first kappa shape index (κ1) is 64.5. The molecular formula is C43H84N16O10S. The number of nitrogens with one attached hydrogen (secondary N) is 7. The summed E-state index contributed by atoms with van der Waals surface area (Å²) >= 11 is 1.45. The van der Waals surface area contributed by atoms with E-state index in [1.54, 1.807) is 13.8 Å². The molecule has 0 saturated carbocycles. The van der Waals surface area contributed by atoms with E-state index in [1.165, 1.54) is 11.8 Å². The molecule has 0 aromatic carbocycles. The van der Waals surface area contributed by atoms with Gasteiger partial charge in [-0.1, -0.05) is 27.7 Å². The van der Waals surface area contributed by atoms with Crippen molar-refractivity contribution >= 4 is 71.0 Å². The number of guanidine groups is 2. The predicted octanol–water partition coefficient (Wildman–Crippen LogP) is -4.40. The number of carboxylic acids is 1. The van der Waals surface area contributed by atoms with Crippen molar-refractivity contribution in [1.29, 1.82) is 0 Å². The molecule has 7 amide bonds. The van der Waals surface area contributed by atoms with Crippen LogP contribution in [0.1, 0.15) is 105 Å². The molecule has 26 nitrogen and oxygen atoms in total. The molecule has 402 valence electrons. The molecule has 0 saturated heterocycles. The summed E-state index contributed by atoms with van der Waals surface area (Å²) in [7, 11) is 0. The van der Waals surface area contributed by atoms with Gasteiger partial charge in [-0.25, -0.2) is 4.79 Å². The number of aliphatic hydroxyl groups excluding tert-OH is 1. The Morgan fingerprint density at radius 3 is 1.17 bits per heavy atom. The van der Waals surface area contributed by atoms with Gasteiger partial charge in [0.25, 0.3) is 0 Å². The van der Waals surface area contributed by atoms with Gasteiger partial charge in [-0.2, -0.15) is 11.8 Å². The molecule has 0 bridgehead atoms. The Morgan fingerprint density at radius 2 is 0.857 bits per heavy atom. The minimum Gasteiger partial charge on any atom is -0.480 e. The molecule has 0 rings (SSSR count). The van der Waals surface area contributed by atoms with Gasteiger partial charge in [0.2, 0.25) is 41.4 Å². The number of carbonyl (C=O) groups is 8. The lowest BCUT2D eigenvalue weighted by molar-refractivity contribution is -0.144. The van der Waals surface area contributed by atoms with Crippen LogP contribution in [0.25, 0.3) is 0 Å². The fourth-order valence-corrected chi connectivity index (χ4v) is 7.26. The molecule has 0 aromatic heterocycles. The maximum Gasteiger partial charge on any atom is 0.326 e. The number of carboxylic acid groups (broad SMARTS) is 1. The van der Waals surface area contributed by atoms with Gasteiger partial charge in [-0.15, -0.1) is 0 Å². The standard InChI is InChI=1S/C43H84N16O10S/c1-24(2)22-26(46)34(61)53-31(16-21-70-5)39(66)55-27(12-6-8-17-44)35(62)56-30(15-11-20-52-43(49)50)37(64)57-29(14-10-19-51-42(47)48)36(63)54-28(13-7-9-18-45)38(65)58-32(23-60)40(67)59-33(25(3)4)41(68)69/h24-33,60H,6-23,44-46H2,1-5H3,(H,53,61)(H,54,63)(H,55,66)(H,56,62)(H,57,64)(H,58,65)(H,59,67)(H,68,69)(H4,47,48,51)(H4,49,50,52)/t26-,27-,28-,29-,30-,31-,32-,33-/m0/s1. The number of unbranched alkanes of at least 4 members (excludes halogenated alkanes) is 2. The Balaban J connectivity index is 6.90.